The molecule has 194 valence electrons. The number of hydrogen-bond acceptors (Lipinski definition) is 8. The van der Waals surface area contributed by atoms with Crippen molar-refractivity contribution >= 4 is 34.0 Å². The predicted molar refractivity (Wildman–Crippen MR) is 169 cm³/mol. The van der Waals surface area contributed by atoms with Gasteiger partial charge in [-0.05, 0) is 72.1 Å². The average Bonchev–Trinajstić information content (AvgIpc) is 3.83. The molecule has 1 aromatic carbocycles. The highest BCUT2D eigenvalue weighted by Gasteiger charge is 2.14. The molecule has 0 saturated carbocycles. The van der Waals surface area contributed by atoms with Gasteiger partial charge in [0.1, 0.15) is 11.4 Å². The van der Waals surface area contributed by atoms with E-state index in [-0.39, 0.29) is 0 Å². The smallest absolute Gasteiger partial charge is 0.182 e. The zero-order valence-electron chi connectivity index (χ0n) is 21.4. The fourth-order valence-corrected chi connectivity index (χ4v) is 6.94. The summed E-state index contributed by atoms with van der Waals surface area (Å²) in [5.41, 5.74) is 3.07. The van der Waals surface area contributed by atoms with Gasteiger partial charge in [-0.25, -0.2) is 15.0 Å². The monoisotopic (exact) mass is 581 g/mol. The molecule has 8 heteroatoms. The van der Waals surface area contributed by atoms with E-state index in [1.54, 1.807) is 35.1 Å². The third-order valence-electron chi connectivity index (χ3n) is 6.09. The van der Waals surface area contributed by atoms with Crippen LogP contribution < -0.4 is 0 Å². The first-order valence-corrected chi connectivity index (χ1v) is 15.2. The third-order valence-corrected chi connectivity index (χ3v) is 9.44. The van der Waals surface area contributed by atoms with Gasteiger partial charge in [-0.2, -0.15) is 0 Å². The van der Waals surface area contributed by atoms with Crippen molar-refractivity contribution in [2.45, 2.75) is 0 Å². The Morgan fingerprint density at radius 1 is 0.512 bits per heavy atom. The summed E-state index contributed by atoms with van der Waals surface area (Å²) in [4.78, 5) is 29.2. The quantitative estimate of drug-likeness (QED) is 0.191. The van der Waals surface area contributed by atoms with E-state index >= 15 is 0 Å². The Morgan fingerprint density at radius 2 is 1.20 bits per heavy atom. The van der Waals surface area contributed by atoms with Gasteiger partial charge in [-0.15, -0.1) is 34.0 Å². The van der Waals surface area contributed by atoms with Gasteiger partial charge in [0, 0.05) is 43.0 Å². The molecule has 6 heterocycles. The second-order valence-corrected chi connectivity index (χ2v) is 12.0. The van der Waals surface area contributed by atoms with E-state index in [1.165, 1.54) is 19.5 Å². The van der Waals surface area contributed by atoms with Crippen LogP contribution in [0.3, 0.4) is 0 Å². The van der Waals surface area contributed by atoms with Crippen LogP contribution in [0, 0.1) is 11.8 Å². The van der Waals surface area contributed by atoms with Gasteiger partial charge >= 0.3 is 0 Å². The zero-order chi connectivity index (χ0) is 27.4. The number of benzene rings is 1. The van der Waals surface area contributed by atoms with Crippen molar-refractivity contribution in [1.29, 1.82) is 0 Å². The van der Waals surface area contributed by atoms with Crippen molar-refractivity contribution in [3.63, 3.8) is 0 Å². The maximum atomic E-state index is 4.76. The Hall–Kier alpha value is -4.81. The Labute approximate surface area is 249 Å². The van der Waals surface area contributed by atoms with Crippen LogP contribution in [0.5, 0.6) is 0 Å². The second kappa shape index (κ2) is 11.4. The van der Waals surface area contributed by atoms with E-state index in [9.17, 15) is 0 Å². The molecule has 0 aliphatic carbocycles. The van der Waals surface area contributed by atoms with Crippen LogP contribution in [0.2, 0.25) is 0 Å². The molecule has 0 saturated heterocycles. The number of rotatable bonds is 5. The molecule has 0 bridgehead atoms. The largest absolute Gasteiger partial charge is 0.253 e. The Balaban J connectivity index is 1.19. The van der Waals surface area contributed by atoms with Crippen molar-refractivity contribution in [2.24, 2.45) is 0 Å². The molecule has 7 rings (SSSR count). The van der Waals surface area contributed by atoms with Crippen LogP contribution in [-0.4, -0.2) is 24.9 Å². The van der Waals surface area contributed by atoms with Crippen LogP contribution >= 0.6 is 34.0 Å². The highest BCUT2D eigenvalue weighted by atomic mass is 32.1. The molecule has 0 atom stereocenters. The molecule has 0 aliphatic heterocycles. The lowest BCUT2D eigenvalue weighted by molar-refractivity contribution is 1.05. The molecule has 6 aromatic heterocycles. The molecule has 0 aliphatic rings. The number of nitrogens with zero attached hydrogens (tertiary/aromatic N) is 5. The highest BCUT2D eigenvalue weighted by Crippen LogP contribution is 2.39. The van der Waals surface area contributed by atoms with Crippen molar-refractivity contribution in [2.75, 3.05) is 0 Å². The first kappa shape index (κ1) is 25.2. The Morgan fingerprint density at radius 3 is 1.88 bits per heavy atom. The van der Waals surface area contributed by atoms with Crippen molar-refractivity contribution in [1.82, 2.24) is 24.9 Å². The second-order valence-electron chi connectivity index (χ2n) is 8.87. The van der Waals surface area contributed by atoms with E-state index in [4.69, 9.17) is 9.97 Å². The SMILES string of the molecule is C(#Cc1ccc(-c2ccc(-c3cccs3)s2)s1)c1cccc(-c2nc(-c3ccccn3)nc(-c3ccccn3)n2)c1. The summed E-state index contributed by atoms with van der Waals surface area (Å²) in [6.45, 7) is 0. The summed E-state index contributed by atoms with van der Waals surface area (Å²) in [6, 6.07) is 32.2. The lowest BCUT2D eigenvalue weighted by Gasteiger charge is -2.07. The summed E-state index contributed by atoms with van der Waals surface area (Å²) in [5.74, 6) is 8.20. The van der Waals surface area contributed by atoms with E-state index in [0.29, 0.717) is 28.9 Å². The molecular weight excluding hydrogens is 563 g/mol. The maximum Gasteiger partial charge on any atom is 0.182 e. The van der Waals surface area contributed by atoms with Gasteiger partial charge in [-0.3, -0.25) is 9.97 Å². The van der Waals surface area contributed by atoms with Crippen LogP contribution in [0.1, 0.15) is 10.4 Å². The van der Waals surface area contributed by atoms with Crippen LogP contribution in [0.15, 0.2) is 115 Å². The number of aromatic nitrogens is 5. The molecule has 0 radical (unpaired) electrons. The number of pyridine rings is 2. The van der Waals surface area contributed by atoms with Crippen LogP contribution in [0.25, 0.3) is 53.9 Å². The van der Waals surface area contributed by atoms with E-state index in [1.807, 2.05) is 72.0 Å². The normalized spacial score (nSPS) is 10.7. The van der Waals surface area contributed by atoms with Gasteiger partial charge in [-0.1, -0.05) is 42.2 Å². The summed E-state index contributed by atoms with van der Waals surface area (Å²) >= 11 is 5.29. The fraction of sp³-hybridized carbons (Fsp3) is 0. The minimum absolute atomic E-state index is 0.495. The van der Waals surface area contributed by atoms with Gasteiger partial charge in [0.25, 0.3) is 0 Å². The average molecular weight is 582 g/mol. The Kier molecular flexibility index (Phi) is 6.97. The van der Waals surface area contributed by atoms with Crippen molar-refractivity contribution < 1.29 is 0 Å². The molecule has 0 N–H and O–H groups in total. The van der Waals surface area contributed by atoms with Crippen molar-refractivity contribution in [3.8, 4) is 65.8 Å². The summed E-state index contributed by atoms with van der Waals surface area (Å²) in [6.07, 6.45) is 3.46. The minimum Gasteiger partial charge on any atom is -0.253 e. The standard InChI is InChI=1S/C33H19N5S3/c1-3-18-34-25(9-1)32-36-31(37-33(38-32)26-10-2-4-19-35-26)23-8-5-7-22(21-23)12-13-24-14-15-29(40-24)30-17-16-28(41-30)27-11-6-20-39-27/h1-11,14-21H. The van der Waals surface area contributed by atoms with Crippen LogP contribution in [-0.2, 0) is 0 Å². The topological polar surface area (TPSA) is 64.5 Å². The summed E-state index contributed by atoms with van der Waals surface area (Å²) in [5, 5.41) is 2.11. The fourth-order valence-electron chi connectivity index (χ4n) is 4.15. The molecule has 0 unspecified atom stereocenters. The molecule has 5 nitrogen and oxygen atoms in total. The van der Waals surface area contributed by atoms with Gasteiger partial charge in [0.15, 0.2) is 17.5 Å². The minimum atomic E-state index is 0.495. The first-order valence-electron chi connectivity index (χ1n) is 12.7. The summed E-state index contributed by atoms with van der Waals surface area (Å²) < 4.78 is 0. The number of thiophene rings is 3. The molecule has 0 spiro atoms. The molecular formula is C33H19N5S3. The lowest BCUT2D eigenvalue weighted by Crippen LogP contribution is -2.01. The molecule has 7 aromatic rings. The van der Waals surface area contributed by atoms with Gasteiger partial charge < -0.3 is 0 Å². The predicted octanol–water partition coefficient (Wildman–Crippen LogP) is 8.58. The summed E-state index contributed by atoms with van der Waals surface area (Å²) in [7, 11) is 0. The van der Waals surface area contributed by atoms with E-state index in [2.05, 4.69) is 68.6 Å². The zero-order valence-corrected chi connectivity index (χ0v) is 23.9. The highest BCUT2D eigenvalue weighted by molar-refractivity contribution is 7.26. The first-order chi connectivity index (χ1) is 20.3. The van der Waals surface area contributed by atoms with Gasteiger partial charge in [0.2, 0.25) is 0 Å². The van der Waals surface area contributed by atoms with E-state index < -0.39 is 0 Å². The van der Waals surface area contributed by atoms with Gasteiger partial charge in [0.05, 0.1) is 4.88 Å². The van der Waals surface area contributed by atoms with Crippen LogP contribution in [0.4, 0.5) is 0 Å². The molecule has 41 heavy (non-hydrogen) atoms. The lowest BCUT2D eigenvalue weighted by atomic mass is 10.1. The maximum absolute atomic E-state index is 4.76. The third kappa shape index (κ3) is 5.60. The number of hydrogen-bond donors (Lipinski definition) is 0. The van der Waals surface area contributed by atoms with E-state index in [0.717, 1.165) is 16.0 Å². The van der Waals surface area contributed by atoms with Crippen molar-refractivity contribution in [3.05, 3.63) is 125 Å². The molecule has 0 fully saturated rings. The Bertz CT molecular complexity index is 1940. The molecule has 0 amide bonds.